The van der Waals surface area contributed by atoms with E-state index in [1.807, 2.05) is 74.4 Å². The lowest BCUT2D eigenvalue weighted by Gasteiger charge is -2.26. The van der Waals surface area contributed by atoms with Gasteiger partial charge in [-0.05, 0) is 60.5 Å². The quantitative estimate of drug-likeness (QED) is 0.242. The summed E-state index contributed by atoms with van der Waals surface area (Å²) in [5, 5.41) is 11.7. The van der Waals surface area contributed by atoms with Crippen LogP contribution in [0.25, 0.3) is 5.76 Å². The van der Waals surface area contributed by atoms with Crippen LogP contribution in [-0.4, -0.2) is 49.5 Å². The molecule has 1 atom stereocenters. The van der Waals surface area contributed by atoms with Crippen LogP contribution >= 0.6 is 11.6 Å². The Hall–Kier alpha value is -3.97. The molecule has 1 fully saturated rings. The molecule has 1 heterocycles. The van der Waals surface area contributed by atoms with Crippen LogP contribution in [-0.2, 0) is 16.1 Å². The number of aliphatic hydroxyl groups is 1. The van der Waals surface area contributed by atoms with E-state index in [1.165, 1.54) is 12.0 Å². The highest BCUT2D eigenvalue weighted by atomic mass is 35.5. The van der Waals surface area contributed by atoms with Crippen LogP contribution in [0, 0.1) is 0 Å². The van der Waals surface area contributed by atoms with Gasteiger partial charge in [-0.3, -0.25) is 9.59 Å². The van der Waals surface area contributed by atoms with E-state index in [-0.39, 0.29) is 17.9 Å². The van der Waals surface area contributed by atoms with Gasteiger partial charge in [-0.2, -0.15) is 0 Å². The Bertz CT molecular complexity index is 1350. The molecule has 37 heavy (non-hydrogen) atoms. The molecular formula is C29H29ClN2O5. The van der Waals surface area contributed by atoms with Gasteiger partial charge in [-0.25, -0.2) is 0 Å². The first-order valence-corrected chi connectivity index (χ1v) is 12.2. The maximum Gasteiger partial charge on any atom is 0.295 e. The molecule has 1 saturated heterocycles. The van der Waals surface area contributed by atoms with Gasteiger partial charge in [0.2, 0.25) is 0 Å². The van der Waals surface area contributed by atoms with Gasteiger partial charge in [0.05, 0.1) is 30.4 Å². The SMILES string of the molecule is CCOc1cccc(CN2C(=O)C(=O)/C(=C(\O)c3ccc(Cl)c(OC)c3)C2c2ccc(N(C)C)cc2)c1. The number of nitrogens with zero attached hydrogens (tertiary/aromatic N) is 2. The molecule has 0 bridgehead atoms. The zero-order chi connectivity index (χ0) is 26.7. The monoisotopic (exact) mass is 520 g/mol. The topological polar surface area (TPSA) is 79.3 Å². The number of amides is 1. The minimum Gasteiger partial charge on any atom is -0.507 e. The van der Waals surface area contributed by atoms with Gasteiger partial charge in [0, 0.05) is 31.9 Å². The molecule has 0 aliphatic carbocycles. The molecule has 7 nitrogen and oxygen atoms in total. The van der Waals surface area contributed by atoms with Gasteiger partial charge < -0.3 is 24.4 Å². The number of anilines is 1. The van der Waals surface area contributed by atoms with Crippen molar-refractivity contribution in [3.05, 3.63) is 94.0 Å². The predicted octanol–water partition coefficient (Wildman–Crippen LogP) is 5.44. The second-order valence-electron chi connectivity index (χ2n) is 8.84. The van der Waals surface area contributed by atoms with Crippen molar-refractivity contribution in [2.24, 2.45) is 0 Å². The maximum atomic E-state index is 13.4. The molecular weight excluding hydrogens is 492 g/mol. The van der Waals surface area contributed by atoms with Crippen LogP contribution in [0.3, 0.4) is 0 Å². The number of hydrogen-bond donors (Lipinski definition) is 1. The minimum atomic E-state index is -0.798. The highest BCUT2D eigenvalue weighted by molar-refractivity contribution is 6.46. The van der Waals surface area contributed by atoms with Crippen LogP contribution in [0.2, 0.25) is 5.02 Å². The molecule has 1 amide bonds. The van der Waals surface area contributed by atoms with E-state index in [2.05, 4.69) is 0 Å². The number of methoxy groups -OCH3 is 1. The molecule has 1 aliphatic rings. The molecule has 1 N–H and O–H groups in total. The Morgan fingerprint density at radius 2 is 1.78 bits per heavy atom. The number of ether oxygens (including phenoxy) is 2. The van der Waals surface area contributed by atoms with Gasteiger partial charge in [-0.1, -0.05) is 35.9 Å². The van der Waals surface area contributed by atoms with E-state index >= 15 is 0 Å². The molecule has 3 aromatic carbocycles. The number of rotatable bonds is 8. The molecule has 1 unspecified atom stereocenters. The van der Waals surface area contributed by atoms with Gasteiger partial charge in [0.15, 0.2) is 0 Å². The number of ketones is 1. The van der Waals surface area contributed by atoms with Crippen molar-refractivity contribution in [1.29, 1.82) is 0 Å². The Morgan fingerprint density at radius 1 is 1.05 bits per heavy atom. The summed E-state index contributed by atoms with van der Waals surface area (Å²) in [6, 6.07) is 18.9. The first kappa shape index (κ1) is 26.1. The third-order valence-corrected chi connectivity index (χ3v) is 6.56. The van der Waals surface area contributed by atoms with Crippen molar-refractivity contribution in [2.45, 2.75) is 19.5 Å². The fraction of sp³-hybridized carbons (Fsp3) is 0.241. The van der Waals surface area contributed by atoms with Crippen LogP contribution in [0.1, 0.15) is 29.7 Å². The standard InChI is InChI=1S/C29H29ClN2O5/c1-5-37-22-8-6-7-18(15-22)17-32-26(19-9-12-21(13-10-19)31(2)3)25(28(34)29(32)35)27(33)20-11-14-23(30)24(16-20)36-4/h6-16,26,33H,5,17H2,1-4H3/b27-25-. The Morgan fingerprint density at radius 3 is 2.43 bits per heavy atom. The molecule has 0 aromatic heterocycles. The lowest BCUT2D eigenvalue weighted by molar-refractivity contribution is -0.140. The molecule has 0 spiro atoms. The largest absolute Gasteiger partial charge is 0.507 e. The van der Waals surface area contributed by atoms with Crippen molar-refractivity contribution in [3.8, 4) is 11.5 Å². The Labute approximate surface area is 221 Å². The number of halogens is 1. The second kappa shape index (κ2) is 11.0. The summed E-state index contributed by atoms with van der Waals surface area (Å²) in [4.78, 5) is 30.2. The number of benzene rings is 3. The molecule has 0 radical (unpaired) electrons. The van der Waals surface area contributed by atoms with E-state index in [9.17, 15) is 14.7 Å². The van der Waals surface area contributed by atoms with Crippen molar-refractivity contribution in [1.82, 2.24) is 4.90 Å². The summed E-state index contributed by atoms with van der Waals surface area (Å²) in [5.74, 6) is -0.711. The normalized spacial score (nSPS) is 16.7. The van der Waals surface area contributed by atoms with Crippen molar-refractivity contribution in [2.75, 3.05) is 32.7 Å². The van der Waals surface area contributed by atoms with Gasteiger partial charge >= 0.3 is 0 Å². The van der Waals surface area contributed by atoms with Crippen LogP contribution in [0.5, 0.6) is 11.5 Å². The number of hydrogen-bond acceptors (Lipinski definition) is 6. The summed E-state index contributed by atoms with van der Waals surface area (Å²) < 4.78 is 10.9. The number of Topliss-reactive ketones (excluding diaryl/α,β-unsaturated/α-hetero) is 1. The lowest BCUT2D eigenvalue weighted by atomic mass is 9.95. The van der Waals surface area contributed by atoms with Crippen molar-refractivity contribution in [3.63, 3.8) is 0 Å². The molecule has 8 heteroatoms. The average Bonchev–Trinajstić information content (AvgIpc) is 3.14. The smallest absolute Gasteiger partial charge is 0.295 e. The molecule has 4 rings (SSSR count). The fourth-order valence-electron chi connectivity index (χ4n) is 4.40. The highest BCUT2D eigenvalue weighted by Gasteiger charge is 2.46. The number of carbonyl (C=O) groups excluding carboxylic acids is 2. The highest BCUT2D eigenvalue weighted by Crippen LogP contribution is 2.41. The van der Waals surface area contributed by atoms with Gasteiger partial charge in [0.25, 0.3) is 11.7 Å². The first-order valence-electron chi connectivity index (χ1n) is 11.9. The number of carbonyl (C=O) groups is 2. The fourth-order valence-corrected chi connectivity index (χ4v) is 4.60. The van der Waals surface area contributed by atoms with Crippen LogP contribution in [0.4, 0.5) is 5.69 Å². The van der Waals surface area contributed by atoms with E-state index < -0.39 is 17.7 Å². The first-order chi connectivity index (χ1) is 17.7. The molecule has 3 aromatic rings. The van der Waals surface area contributed by atoms with Crippen molar-refractivity contribution < 1.29 is 24.2 Å². The van der Waals surface area contributed by atoms with Crippen LogP contribution in [0.15, 0.2) is 72.3 Å². The Balaban J connectivity index is 1.84. The van der Waals surface area contributed by atoms with Crippen LogP contribution < -0.4 is 14.4 Å². The molecule has 192 valence electrons. The lowest BCUT2D eigenvalue weighted by Crippen LogP contribution is -2.29. The van der Waals surface area contributed by atoms with Crippen molar-refractivity contribution >= 4 is 34.7 Å². The predicted molar refractivity (Wildman–Crippen MR) is 144 cm³/mol. The van der Waals surface area contributed by atoms with E-state index in [4.69, 9.17) is 21.1 Å². The second-order valence-corrected chi connectivity index (χ2v) is 9.25. The summed E-state index contributed by atoms with van der Waals surface area (Å²) in [6.45, 7) is 2.57. The van der Waals surface area contributed by atoms with Gasteiger partial charge in [0.1, 0.15) is 17.3 Å². The van der Waals surface area contributed by atoms with Gasteiger partial charge in [-0.15, -0.1) is 0 Å². The Kier molecular flexibility index (Phi) is 7.74. The summed E-state index contributed by atoms with van der Waals surface area (Å²) in [5.41, 5.74) is 2.80. The third-order valence-electron chi connectivity index (χ3n) is 6.25. The summed E-state index contributed by atoms with van der Waals surface area (Å²) >= 11 is 6.16. The minimum absolute atomic E-state index is 0.00735. The number of likely N-dealkylation sites (tertiary alicyclic amines) is 1. The van der Waals surface area contributed by atoms with E-state index in [1.54, 1.807) is 18.2 Å². The zero-order valence-corrected chi connectivity index (χ0v) is 22.0. The molecule has 1 aliphatic heterocycles. The summed E-state index contributed by atoms with van der Waals surface area (Å²) in [6.07, 6.45) is 0. The van der Waals surface area contributed by atoms with E-state index in [0.717, 1.165) is 11.3 Å². The maximum absolute atomic E-state index is 13.4. The number of aliphatic hydroxyl groups excluding tert-OH is 1. The van der Waals surface area contributed by atoms with E-state index in [0.29, 0.717) is 34.3 Å². The molecule has 0 saturated carbocycles. The summed E-state index contributed by atoms with van der Waals surface area (Å²) in [7, 11) is 5.33. The zero-order valence-electron chi connectivity index (χ0n) is 21.2. The average molecular weight is 521 g/mol. The third kappa shape index (κ3) is 5.27.